The molecule has 0 aliphatic carbocycles. The third-order valence-corrected chi connectivity index (χ3v) is 2.93. The van der Waals surface area contributed by atoms with Crippen LogP contribution in [-0.2, 0) is 6.42 Å². The minimum atomic E-state index is -0.204. The molecule has 5 heteroatoms. The molecular weight excluding hydrogens is 270 g/mol. The van der Waals surface area contributed by atoms with Crippen molar-refractivity contribution in [2.45, 2.75) is 6.42 Å². The summed E-state index contributed by atoms with van der Waals surface area (Å²) in [4.78, 5) is 15.9. The molecule has 0 unspecified atom stereocenters. The number of nitrogens with zero attached hydrogens (tertiary/aromatic N) is 1. The van der Waals surface area contributed by atoms with Gasteiger partial charge >= 0.3 is 0 Å². The SMILES string of the molecule is O=C(NC(=S)NCCc1cccnc1)c1ccccc1. The van der Waals surface area contributed by atoms with E-state index >= 15 is 0 Å². The van der Waals surface area contributed by atoms with Gasteiger partial charge in [-0.25, -0.2) is 0 Å². The lowest BCUT2D eigenvalue weighted by Crippen LogP contribution is -2.40. The van der Waals surface area contributed by atoms with Crippen molar-refractivity contribution in [2.24, 2.45) is 0 Å². The molecular formula is C15H15N3OS. The standard InChI is InChI=1S/C15H15N3OS/c19-14(13-6-2-1-3-7-13)18-15(20)17-10-8-12-5-4-9-16-11-12/h1-7,9,11H,8,10H2,(H2,17,18,19,20). The molecule has 0 radical (unpaired) electrons. The van der Waals surface area contributed by atoms with Crippen molar-refractivity contribution < 1.29 is 4.79 Å². The summed E-state index contributed by atoms with van der Waals surface area (Å²) in [5.74, 6) is -0.204. The predicted molar refractivity (Wildman–Crippen MR) is 82.4 cm³/mol. The van der Waals surface area contributed by atoms with Crippen LogP contribution < -0.4 is 10.6 Å². The van der Waals surface area contributed by atoms with Crippen LogP contribution in [0.25, 0.3) is 0 Å². The van der Waals surface area contributed by atoms with Gasteiger partial charge in [0.15, 0.2) is 5.11 Å². The molecule has 0 atom stereocenters. The quantitative estimate of drug-likeness (QED) is 0.843. The number of carbonyl (C=O) groups excluding carboxylic acids is 1. The summed E-state index contributed by atoms with van der Waals surface area (Å²) >= 11 is 5.09. The van der Waals surface area contributed by atoms with Crippen LogP contribution in [0.15, 0.2) is 54.9 Å². The summed E-state index contributed by atoms with van der Waals surface area (Å²) in [5, 5.41) is 5.99. The Morgan fingerprint density at radius 2 is 1.95 bits per heavy atom. The minimum absolute atomic E-state index is 0.204. The second kappa shape index (κ2) is 7.35. The van der Waals surface area contributed by atoms with Crippen molar-refractivity contribution in [1.29, 1.82) is 0 Å². The number of pyridine rings is 1. The average molecular weight is 285 g/mol. The number of carbonyl (C=O) groups is 1. The Morgan fingerprint density at radius 1 is 1.15 bits per heavy atom. The topological polar surface area (TPSA) is 54.0 Å². The molecule has 2 N–H and O–H groups in total. The van der Waals surface area contributed by atoms with Crippen molar-refractivity contribution in [3.05, 3.63) is 66.0 Å². The van der Waals surface area contributed by atoms with E-state index in [-0.39, 0.29) is 5.91 Å². The van der Waals surface area contributed by atoms with Crippen LogP contribution in [0.5, 0.6) is 0 Å². The van der Waals surface area contributed by atoms with E-state index in [0.717, 1.165) is 12.0 Å². The summed E-state index contributed by atoms with van der Waals surface area (Å²) in [5.41, 5.74) is 1.71. The Labute approximate surface area is 123 Å². The molecule has 1 aromatic carbocycles. The van der Waals surface area contributed by atoms with Gasteiger partial charge in [-0.15, -0.1) is 0 Å². The van der Waals surface area contributed by atoms with E-state index in [1.807, 2.05) is 36.5 Å². The van der Waals surface area contributed by atoms with E-state index in [9.17, 15) is 4.79 Å². The number of rotatable bonds is 4. The van der Waals surface area contributed by atoms with E-state index in [1.165, 1.54) is 0 Å². The fourth-order valence-corrected chi connectivity index (χ4v) is 1.87. The van der Waals surface area contributed by atoms with Gasteiger partial charge in [-0.2, -0.15) is 0 Å². The zero-order valence-electron chi connectivity index (χ0n) is 10.9. The van der Waals surface area contributed by atoms with Crippen LogP contribution in [0.1, 0.15) is 15.9 Å². The van der Waals surface area contributed by atoms with Crippen molar-refractivity contribution in [2.75, 3.05) is 6.54 Å². The lowest BCUT2D eigenvalue weighted by molar-refractivity contribution is 0.0976. The average Bonchev–Trinajstić information content (AvgIpc) is 2.49. The third-order valence-electron chi connectivity index (χ3n) is 2.69. The lowest BCUT2D eigenvalue weighted by atomic mass is 10.2. The Kier molecular flexibility index (Phi) is 5.20. The number of amides is 1. The van der Waals surface area contributed by atoms with Gasteiger partial charge in [-0.05, 0) is 42.4 Å². The fraction of sp³-hybridized carbons (Fsp3) is 0.133. The van der Waals surface area contributed by atoms with E-state index in [1.54, 1.807) is 18.3 Å². The molecule has 0 saturated heterocycles. The summed E-state index contributed by atoms with van der Waals surface area (Å²) in [6.07, 6.45) is 4.35. The molecule has 2 rings (SSSR count). The van der Waals surface area contributed by atoms with Crippen LogP contribution in [-0.4, -0.2) is 22.5 Å². The van der Waals surface area contributed by atoms with Crippen molar-refractivity contribution in [3.63, 3.8) is 0 Å². The molecule has 0 aliphatic rings. The molecule has 102 valence electrons. The Hall–Kier alpha value is -2.27. The summed E-state index contributed by atoms with van der Waals surface area (Å²) in [7, 11) is 0. The largest absolute Gasteiger partial charge is 0.362 e. The maximum absolute atomic E-state index is 11.8. The van der Waals surface area contributed by atoms with E-state index in [4.69, 9.17) is 12.2 Å². The fourth-order valence-electron chi connectivity index (χ4n) is 1.68. The molecule has 0 spiro atoms. The number of hydrogen-bond donors (Lipinski definition) is 2. The van der Waals surface area contributed by atoms with Gasteiger partial charge < -0.3 is 5.32 Å². The monoisotopic (exact) mass is 285 g/mol. The van der Waals surface area contributed by atoms with Crippen molar-refractivity contribution in [3.8, 4) is 0 Å². The zero-order valence-corrected chi connectivity index (χ0v) is 11.7. The Balaban J connectivity index is 1.74. The molecule has 2 aromatic rings. The molecule has 4 nitrogen and oxygen atoms in total. The number of thiocarbonyl (C=S) groups is 1. The Morgan fingerprint density at radius 3 is 2.65 bits per heavy atom. The molecule has 1 aromatic heterocycles. The second-order valence-electron chi connectivity index (χ2n) is 4.19. The number of nitrogens with one attached hydrogen (secondary N) is 2. The van der Waals surface area contributed by atoms with Gasteiger partial charge in [0.25, 0.3) is 5.91 Å². The first-order valence-electron chi connectivity index (χ1n) is 6.29. The van der Waals surface area contributed by atoms with Gasteiger partial charge in [0.2, 0.25) is 0 Å². The highest BCUT2D eigenvalue weighted by molar-refractivity contribution is 7.80. The van der Waals surface area contributed by atoms with E-state index in [2.05, 4.69) is 15.6 Å². The molecule has 0 saturated carbocycles. The maximum atomic E-state index is 11.8. The highest BCUT2D eigenvalue weighted by atomic mass is 32.1. The maximum Gasteiger partial charge on any atom is 0.257 e. The molecule has 1 heterocycles. The smallest absolute Gasteiger partial charge is 0.257 e. The van der Waals surface area contributed by atoms with Crippen LogP contribution >= 0.6 is 12.2 Å². The van der Waals surface area contributed by atoms with Gasteiger partial charge in [0.05, 0.1) is 0 Å². The first kappa shape index (κ1) is 14.1. The highest BCUT2D eigenvalue weighted by Crippen LogP contribution is 1.98. The van der Waals surface area contributed by atoms with Gasteiger partial charge in [0.1, 0.15) is 0 Å². The second-order valence-corrected chi connectivity index (χ2v) is 4.60. The number of hydrogen-bond acceptors (Lipinski definition) is 3. The predicted octanol–water partition coefficient (Wildman–Crippen LogP) is 1.93. The minimum Gasteiger partial charge on any atom is -0.362 e. The zero-order chi connectivity index (χ0) is 14.2. The lowest BCUT2D eigenvalue weighted by Gasteiger charge is -2.09. The Bertz CT molecular complexity index is 572. The molecule has 20 heavy (non-hydrogen) atoms. The normalized spacial score (nSPS) is 9.80. The van der Waals surface area contributed by atoms with Crippen LogP contribution in [0, 0.1) is 0 Å². The van der Waals surface area contributed by atoms with Crippen molar-refractivity contribution in [1.82, 2.24) is 15.6 Å². The van der Waals surface area contributed by atoms with Crippen LogP contribution in [0.3, 0.4) is 0 Å². The first-order chi connectivity index (χ1) is 9.75. The molecule has 1 amide bonds. The number of benzene rings is 1. The van der Waals surface area contributed by atoms with Crippen LogP contribution in [0.4, 0.5) is 0 Å². The molecule has 0 aliphatic heterocycles. The van der Waals surface area contributed by atoms with E-state index < -0.39 is 0 Å². The number of aromatic nitrogens is 1. The van der Waals surface area contributed by atoms with Gasteiger partial charge in [0, 0.05) is 24.5 Å². The van der Waals surface area contributed by atoms with Crippen LogP contribution in [0.2, 0.25) is 0 Å². The molecule has 0 fully saturated rings. The third kappa shape index (κ3) is 4.44. The first-order valence-corrected chi connectivity index (χ1v) is 6.69. The van der Waals surface area contributed by atoms with Crippen molar-refractivity contribution >= 4 is 23.2 Å². The summed E-state index contributed by atoms with van der Waals surface area (Å²) in [6, 6.07) is 12.9. The molecule has 0 bridgehead atoms. The highest BCUT2D eigenvalue weighted by Gasteiger charge is 2.06. The van der Waals surface area contributed by atoms with E-state index in [0.29, 0.717) is 17.2 Å². The van der Waals surface area contributed by atoms with Gasteiger partial charge in [-0.3, -0.25) is 15.1 Å². The summed E-state index contributed by atoms with van der Waals surface area (Å²) in [6.45, 7) is 0.652. The van der Waals surface area contributed by atoms with Gasteiger partial charge in [-0.1, -0.05) is 24.3 Å². The summed E-state index contributed by atoms with van der Waals surface area (Å²) < 4.78 is 0.